The Kier molecular flexibility index (Phi) is 2.01. The zero-order valence-corrected chi connectivity index (χ0v) is 10.4. The van der Waals surface area contributed by atoms with Gasteiger partial charge in [0.25, 0.3) is 0 Å². The van der Waals surface area contributed by atoms with Crippen LogP contribution in [0, 0.1) is 11.3 Å². The van der Waals surface area contributed by atoms with Crippen molar-refractivity contribution in [2.24, 2.45) is 0 Å². The van der Waals surface area contributed by atoms with Gasteiger partial charge in [-0.3, -0.25) is 4.79 Å². The van der Waals surface area contributed by atoms with Crippen molar-refractivity contribution in [1.29, 1.82) is 5.26 Å². The first kappa shape index (κ1) is 10.8. The molecule has 0 atom stereocenters. The monoisotopic (exact) mass is 259 g/mol. The van der Waals surface area contributed by atoms with E-state index in [0.717, 1.165) is 16.6 Å². The van der Waals surface area contributed by atoms with Gasteiger partial charge >= 0.3 is 0 Å². The molecule has 4 rings (SSSR count). The summed E-state index contributed by atoms with van der Waals surface area (Å²) in [5.74, 6) is 0. The Bertz CT molecular complexity index is 1030. The fourth-order valence-corrected chi connectivity index (χ4v) is 2.79. The summed E-state index contributed by atoms with van der Waals surface area (Å²) in [7, 11) is 0. The van der Waals surface area contributed by atoms with Crippen LogP contribution in [0.4, 0.5) is 0 Å². The summed E-state index contributed by atoms with van der Waals surface area (Å²) in [6.45, 7) is 0. The number of benzene rings is 1. The quantitative estimate of drug-likeness (QED) is 0.528. The molecule has 1 aliphatic carbocycles. The van der Waals surface area contributed by atoms with E-state index in [1.165, 1.54) is 0 Å². The zero-order chi connectivity index (χ0) is 13.7. The van der Waals surface area contributed by atoms with Gasteiger partial charge in [-0.2, -0.15) is 5.26 Å². The first-order valence-electron chi connectivity index (χ1n) is 6.24. The Morgan fingerprint density at radius 2 is 1.85 bits per heavy atom. The Morgan fingerprint density at radius 1 is 1.05 bits per heavy atom. The third kappa shape index (κ3) is 1.21. The van der Waals surface area contributed by atoms with Crippen molar-refractivity contribution in [3.8, 4) is 17.2 Å². The van der Waals surface area contributed by atoms with Gasteiger partial charge in [-0.1, -0.05) is 24.3 Å². The third-order valence-corrected chi connectivity index (χ3v) is 3.66. The van der Waals surface area contributed by atoms with E-state index in [-0.39, 0.29) is 5.43 Å². The van der Waals surface area contributed by atoms with Gasteiger partial charge in [0.2, 0.25) is 0 Å². The average molecular weight is 259 g/mol. The summed E-state index contributed by atoms with van der Waals surface area (Å²) in [6.07, 6.45) is 5.47. The summed E-state index contributed by atoms with van der Waals surface area (Å²) >= 11 is 0. The summed E-state index contributed by atoms with van der Waals surface area (Å²) in [6, 6.07) is 11.3. The lowest BCUT2D eigenvalue weighted by molar-refractivity contribution is 1.21. The van der Waals surface area contributed by atoms with E-state index < -0.39 is 0 Å². The molecule has 4 heteroatoms. The maximum Gasteiger partial charge on any atom is 0.195 e. The topological polar surface area (TPSA) is 61.1 Å². The maximum absolute atomic E-state index is 12.6. The molecule has 20 heavy (non-hydrogen) atoms. The highest BCUT2D eigenvalue weighted by Crippen LogP contribution is 2.33. The number of rotatable bonds is 0. The molecule has 0 amide bonds. The number of hydrogen-bond acceptors (Lipinski definition) is 2. The fraction of sp³-hybridized carbons (Fsp3) is 0. The number of hydrogen-bond donors (Lipinski definition) is 1. The van der Waals surface area contributed by atoms with Gasteiger partial charge in [0, 0.05) is 29.5 Å². The first-order valence-corrected chi connectivity index (χ1v) is 6.24. The molecule has 1 aliphatic heterocycles. The van der Waals surface area contributed by atoms with Gasteiger partial charge in [-0.05, 0) is 11.5 Å². The predicted molar refractivity (Wildman–Crippen MR) is 76.9 cm³/mol. The van der Waals surface area contributed by atoms with Crippen LogP contribution in [0.2, 0.25) is 0 Å². The summed E-state index contributed by atoms with van der Waals surface area (Å²) in [5, 5.41) is 10.9. The standard InChI is InChI=1S/C16H9N3O/c17-9-10-5-7-19-8-6-18-16(19)14-11-3-1-2-4-12(11)15(20)13(10)14/h1-8,18H. The molecule has 2 aliphatic rings. The molecule has 94 valence electrons. The normalized spacial score (nSPS) is 11.2. The largest absolute Gasteiger partial charge is 0.346 e. The van der Waals surface area contributed by atoms with Gasteiger partial charge in [0.15, 0.2) is 5.43 Å². The Labute approximate surface area is 113 Å². The van der Waals surface area contributed by atoms with Crippen molar-refractivity contribution in [3.05, 3.63) is 64.7 Å². The van der Waals surface area contributed by atoms with Crippen LogP contribution in [-0.2, 0) is 0 Å². The highest BCUT2D eigenvalue weighted by Gasteiger charge is 2.21. The van der Waals surface area contributed by atoms with Crippen molar-refractivity contribution in [1.82, 2.24) is 9.38 Å². The molecule has 0 saturated carbocycles. The lowest BCUT2D eigenvalue weighted by Gasteiger charge is -1.97. The van der Waals surface area contributed by atoms with E-state index in [1.807, 2.05) is 35.0 Å². The van der Waals surface area contributed by atoms with Gasteiger partial charge < -0.3 is 9.38 Å². The highest BCUT2D eigenvalue weighted by molar-refractivity contribution is 6.08. The molecule has 4 nitrogen and oxygen atoms in total. The van der Waals surface area contributed by atoms with Gasteiger partial charge in [-0.15, -0.1) is 0 Å². The van der Waals surface area contributed by atoms with Crippen LogP contribution in [-0.4, -0.2) is 9.38 Å². The molecule has 0 unspecified atom stereocenters. The minimum atomic E-state index is -0.0835. The van der Waals surface area contributed by atoms with Crippen LogP contribution < -0.4 is 5.43 Å². The molecule has 2 aromatic rings. The van der Waals surface area contributed by atoms with E-state index in [2.05, 4.69) is 11.1 Å². The molecular formula is C16H9N3O. The number of nitrogens with zero attached hydrogens (tertiary/aromatic N) is 2. The minimum absolute atomic E-state index is 0.0835. The molecule has 0 spiro atoms. The fourth-order valence-electron chi connectivity index (χ4n) is 2.79. The predicted octanol–water partition coefficient (Wildman–Crippen LogP) is 2.76. The zero-order valence-electron chi connectivity index (χ0n) is 10.4. The number of imidazole rings is 1. The molecule has 0 bridgehead atoms. The summed E-state index contributed by atoms with van der Waals surface area (Å²) < 4.78 is 1.88. The van der Waals surface area contributed by atoms with E-state index in [9.17, 15) is 10.1 Å². The molecular weight excluding hydrogens is 250 g/mol. The second-order valence-electron chi connectivity index (χ2n) is 4.68. The number of H-pyrrole nitrogens is 1. The van der Waals surface area contributed by atoms with E-state index >= 15 is 0 Å². The Balaban J connectivity index is 2.43. The Hall–Kier alpha value is -3.06. The average Bonchev–Trinajstić information content (AvgIpc) is 3.00. The van der Waals surface area contributed by atoms with Gasteiger partial charge in [0.05, 0.1) is 17.2 Å². The SMILES string of the molecule is N#Cc1ccn2cc[nH]c2c2c3ccccc3c(=O)c1-2. The maximum atomic E-state index is 12.6. The third-order valence-electron chi connectivity index (χ3n) is 3.66. The van der Waals surface area contributed by atoms with E-state index in [0.29, 0.717) is 16.5 Å². The number of nitrogens with one attached hydrogen (secondary N) is 1. The smallest absolute Gasteiger partial charge is 0.195 e. The van der Waals surface area contributed by atoms with E-state index in [1.54, 1.807) is 18.3 Å². The second kappa shape index (κ2) is 3.72. The van der Waals surface area contributed by atoms with Gasteiger partial charge in [-0.25, -0.2) is 0 Å². The number of aromatic nitrogens is 2. The lowest BCUT2D eigenvalue weighted by Crippen LogP contribution is -1.98. The van der Waals surface area contributed by atoms with Crippen LogP contribution >= 0.6 is 0 Å². The van der Waals surface area contributed by atoms with E-state index in [4.69, 9.17) is 0 Å². The van der Waals surface area contributed by atoms with Crippen LogP contribution in [0.1, 0.15) is 5.56 Å². The second-order valence-corrected chi connectivity index (χ2v) is 4.68. The number of fused-ring (bicyclic) bond motifs is 5. The van der Waals surface area contributed by atoms with Crippen molar-refractivity contribution in [3.63, 3.8) is 0 Å². The molecule has 0 saturated heterocycles. The van der Waals surface area contributed by atoms with Crippen LogP contribution in [0.3, 0.4) is 0 Å². The summed E-state index contributed by atoms with van der Waals surface area (Å²) in [4.78, 5) is 15.8. The van der Waals surface area contributed by atoms with Crippen LogP contribution in [0.5, 0.6) is 0 Å². The van der Waals surface area contributed by atoms with Crippen molar-refractivity contribution < 1.29 is 0 Å². The van der Waals surface area contributed by atoms with Crippen molar-refractivity contribution in [2.75, 3.05) is 0 Å². The molecule has 0 fully saturated rings. The van der Waals surface area contributed by atoms with Crippen molar-refractivity contribution in [2.45, 2.75) is 0 Å². The molecule has 1 aromatic heterocycles. The first-order chi connectivity index (χ1) is 9.81. The lowest BCUT2D eigenvalue weighted by atomic mass is 10.1. The molecule has 1 aromatic carbocycles. The Morgan fingerprint density at radius 3 is 2.65 bits per heavy atom. The number of nitriles is 1. The molecule has 2 heterocycles. The van der Waals surface area contributed by atoms with Crippen molar-refractivity contribution >= 4 is 16.4 Å². The summed E-state index contributed by atoms with van der Waals surface area (Å²) in [5.41, 5.74) is 2.42. The molecule has 1 N–H and O–H groups in total. The van der Waals surface area contributed by atoms with Crippen LogP contribution in [0.25, 0.3) is 27.5 Å². The highest BCUT2D eigenvalue weighted by atomic mass is 16.1. The number of aromatic amines is 1. The van der Waals surface area contributed by atoms with Gasteiger partial charge in [0.1, 0.15) is 5.65 Å². The minimum Gasteiger partial charge on any atom is -0.346 e. The van der Waals surface area contributed by atoms with Crippen LogP contribution in [0.15, 0.2) is 53.7 Å². The molecule has 0 radical (unpaired) electrons.